The fourth-order valence-electron chi connectivity index (χ4n) is 7.97. The van der Waals surface area contributed by atoms with Crippen LogP contribution in [0.3, 0.4) is 0 Å². The summed E-state index contributed by atoms with van der Waals surface area (Å²) in [5.74, 6) is 1.73. The van der Waals surface area contributed by atoms with E-state index < -0.39 is 17.1 Å². The topological polar surface area (TPSA) is 68.6 Å². The van der Waals surface area contributed by atoms with Crippen molar-refractivity contribution in [3.8, 4) is 5.69 Å². The molecule has 200 valence electrons. The zero-order chi connectivity index (χ0) is 26.8. The molecule has 6 nitrogen and oxygen atoms in total. The molecule has 38 heavy (non-hydrogen) atoms. The number of ether oxygens (including phenoxy) is 1. The third-order valence-electron chi connectivity index (χ3n) is 9.06. The van der Waals surface area contributed by atoms with Crippen molar-refractivity contribution in [1.82, 2.24) is 9.47 Å². The average Bonchev–Trinajstić information content (AvgIpc) is 3.26. The number of hydrogen-bond donors (Lipinski definition) is 0. The summed E-state index contributed by atoms with van der Waals surface area (Å²) in [6, 6.07) is 11.2. The molecule has 0 N–H and O–H groups in total. The minimum absolute atomic E-state index is 0.301. The largest absolute Gasteiger partial charge is 0.462 e. The molecule has 7 rings (SSSR count). The van der Waals surface area contributed by atoms with E-state index in [-0.39, 0.29) is 12.6 Å². The molecule has 0 atom stereocenters. The van der Waals surface area contributed by atoms with Gasteiger partial charge in [-0.2, -0.15) is 0 Å². The Hall–Kier alpha value is -2.80. The van der Waals surface area contributed by atoms with Crippen molar-refractivity contribution in [1.29, 1.82) is 0 Å². The Morgan fingerprint density at radius 1 is 1.05 bits per heavy atom. The molecule has 1 saturated heterocycles. The molecule has 5 aliphatic rings. The summed E-state index contributed by atoms with van der Waals surface area (Å²) in [7, 11) is 0. The number of carbonyl (C=O) groups excluding carboxylic acids is 3. The van der Waals surface area contributed by atoms with Gasteiger partial charge in [0.25, 0.3) is 11.1 Å². The number of carbonyl (C=O) groups is 3. The van der Waals surface area contributed by atoms with Crippen LogP contribution in [-0.2, 0) is 19.7 Å². The van der Waals surface area contributed by atoms with E-state index in [0.717, 1.165) is 57.1 Å². The lowest BCUT2D eigenvalue weighted by molar-refractivity contribution is -0.149. The summed E-state index contributed by atoms with van der Waals surface area (Å²) in [5.41, 5.74) is 5.96. The number of rotatable bonds is 6. The van der Waals surface area contributed by atoms with E-state index in [9.17, 15) is 14.4 Å². The molecule has 0 radical (unpaired) electrons. The highest BCUT2D eigenvalue weighted by Crippen LogP contribution is 2.60. The zero-order valence-corrected chi connectivity index (χ0v) is 23.5. The Kier molecular flexibility index (Phi) is 6.33. The van der Waals surface area contributed by atoms with Gasteiger partial charge in [-0.3, -0.25) is 19.3 Å². The number of imide groups is 1. The Bertz CT molecular complexity index is 1300. The Morgan fingerprint density at radius 2 is 1.66 bits per heavy atom. The molecule has 1 aliphatic heterocycles. The van der Waals surface area contributed by atoms with Crippen molar-refractivity contribution in [3.05, 3.63) is 57.8 Å². The number of aryl methyl sites for hydroxylation is 1. The molecule has 4 saturated carbocycles. The van der Waals surface area contributed by atoms with Crippen LogP contribution in [0.15, 0.2) is 35.2 Å². The van der Waals surface area contributed by atoms with Gasteiger partial charge in [0, 0.05) is 17.1 Å². The van der Waals surface area contributed by atoms with Gasteiger partial charge in [0.15, 0.2) is 0 Å². The third kappa shape index (κ3) is 4.42. The molecule has 1 aromatic heterocycles. The van der Waals surface area contributed by atoms with Crippen LogP contribution in [0.4, 0.5) is 4.79 Å². The van der Waals surface area contributed by atoms with Crippen LogP contribution in [0, 0.1) is 31.6 Å². The summed E-state index contributed by atoms with van der Waals surface area (Å²) in [5, 5.41) is -0.448. The molecule has 4 aliphatic carbocycles. The second-order valence-corrected chi connectivity index (χ2v) is 13.2. The zero-order valence-electron chi connectivity index (χ0n) is 22.7. The van der Waals surface area contributed by atoms with Crippen molar-refractivity contribution >= 4 is 35.0 Å². The van der Waals surface area contributed by atoms with E-state index in [1.54, 1.807) is 19.9 Å². The first-order valence-electron chi connectivity index (χ1n) is 13.9. The van der Waals surface area contributed by atoms with E-state index in [4.69, 9.17) is 4.74 Å². The highest BCUT2D eigenvalue weighted by Gasteiger charge is 2.51. The van der Waals surface area contributed by atoms with Gasteiger partial charge in [-0.1, -0.05) is 12.1 Å². The van der Waals surface area contributed by atoms with E-state index >= 15 is 0 Å². The highest BCUT2D eigenvalue weighted by atomic mass is 32.2. The summed E-state index contributed by atoms with van der Waals surface area (Å²) >= 11 is 0.868. The molecule has 1 aromatic carbocycles. The van der Waals surface area contributed by atoms with Gasteiger partial charge < -0.3 is 9.30 Å². The quantitative estimate of drug-likeness (QED) is 0.312. The van der Waals surface area contributed by atoms with E-state index in [2.05, 4.69) is 35.8 Å². The predicted octanol–water partition coefficient (Wildman–Crippen LogP) is 6.55. The van der Waals surface area contributed by atoms with Gasteiger partial charge in [-0.15, -0.1) is 0 Å². The smallest absolute Gasteiger partial charge is 0.326 e. The molecule has 0 spiro atoms. The van der Waals surface area contributed by atoms with Crippen molar-refractivity contribution in [3.63, 3.8) is 0 Å². The number of benzene rings is 1. The molecule has 4 bridgehead atoms. The number of esters is 1. The average molecular weight is 533 g/mol. The SMILES string of the molecule is Cc1cc(C=C2SC(=O)N(CC(=O)OC(C)C)C2=O)c(C)n1-c1ccc(C23CC4CC(CC(C4)C2)C3)cc1. The Labute approximate surface area is 228 Å². The highest BCUT2D eigenvalue weighted by molar-refractivity contribution is 8.18. The number of hydrogen-bond acceptors (Lipinski definition) is 5. The molecule has 2 aromatic rings. The second kappa shape index (κ2) is 9.44. The maximum absolute atomic E-state index is 12.9. The normalized spacial score (nSPS) is 29.2. The van der Waals surface area contributed by atoms with Crippen LogP contribution in [0.2, 0.25) is 0 Å². The molecule has 5 fully saturated rings. The fourth-order valence-corrected chi connectivity index (χ4v) is 8.80. The van der Waals surface area contributed by atoms with E-state index in [1.165, 1.54) is 44.1 Å². The van der Waals surface area contributed by atoms with Crippen LogP contribution < -0.4 is 0 Å². The lowest BCUT2D eigenvalue weighted by atomic mass is 9.48. The molecule has 2 amide bonds. The van der Waals surface area contributed by atoms with Gasteiger partial charge in [-0.25, -0.2) is 0 Å². The van der Waals surface area contributed by atoms with Crippen LogP contribution in [-0.4, -0.2) is 39.2 Å². The molecular weight excluding hydrogens is 496 g/mol. The minimum Gasteiger partial charge on any atom is -0.462 e. The van der Waals surface area contributed by atoms with Crippen LogP contribution >= 0.6 is 11.8 Å². The van der Waals surface area contributed by atoms with Crippen molar-refractivity contribution in [2.24, 2.45) is 17.8 Å². The van der Waals surface area contributed by atoms with E-state index in [0.29, 0.717) is 10.3 Å². The lowest BCUT2D eigenvalue weighted by Gasteiger charge is -2.57. The third-order valence-corrected chi connectivity index (χ3v) is 9.97. The monoisotopic (exact) mass is 532 g/mol. The first-order chi connectivity index (χ1) is 18.1. The second-order valence-electron chi connectivity index (χ2n) is 12.2. The number of amides is 2. The standard InChI is InChI=1S/C31H36N2O4S/c1-18(2)37-28(34)17-32-29(35)27(38-30(32)36)13-24-9-19(3)33(20(24)4)26-7-5-25(6-8-26)31-14-21-10-22(15-31)12-23(11-21)16-31/h5-9,13,18,21-23H,10-12,14-17H2,1-4H3. The maximum atomic E-state index is 12.9. The van der Waals surface area contributed by atoms with Gasteiger partial charge in [0.1, 0.15) is 6.54 Å². The van der Waals surface area contributed by atoms with Gasteiger partial charge in [0.2, 0.25) is 0 Å². The summed E-state index contributed by atoms with van der Waals surface area (Å²) in [6.45, 7) is 7.20. The van der Waals surface area contributed by atoms with Crippen LogP contribution in [0.25, 0.3) is 11.8 Å². The summed E-state index contributed by atoms with van der Waals surface area (Å²) in [6.07, 6.45) is 9.87. The molecular formula is C31H36N2O4S. The predicted molar refractivity (Wildman–Crippen MR) is 149 cm³/mol. The first kappa shape index (κ1) is 25.5. The van der Waals surface area contributed by atoms with Crippen LogP contribution in [0.1, 0.15) is 74.9 Å². The van der Waals surface area contributed by atoms with Crippen molar-refractivity contribution in [2.45, 2.75) is 77.7 Å². The maximum Gasteiger partial charge on any atom is 0.326 e. The molecule has 2 heterocycles. The van der Waals surface area contributed by atoms with Gasteiger partial charge >= 0.3 is 5.97 Å². The number of nitrogens with zero attached hydrogens (tertiary/aromatic N) is 2. The Morgan fingerprint density at radius 3 is 2.24 bits per heavy atom. The van der Waals surface area contributed by atoms with E-state index in [1.807, 2.05) is 13.0 Å². The molecule has 0 unspecified atom stereocenters. The minimum atomic E-state index is -0.585. The summed E-state index contributed by atoms with van der Waals surface area (Å²) < 4.78 is 7.32. The molecule has 7 heteroatoms. The lowest BCUT2D eigenvalue weighted by Crippen LogP contribution is -2.48. The Balaban J connectivity index is 1.22. The van der Waals surface area contributed by atoms with Crippen molar-refractivity contribution in [2.75, 3.05) is 6.54 Å². The number of aromatic nitrogens is 1. The number of thioether (sulfide) groups is 1. The fraction of sp³-hybridized carbons (Fsp3) is 0.516. The van der Waals surface area contributed by atoms with Crippen molar-refractivity contribution < 1.29 is 19.1 Å². The first-order valence-corrected chi connectivity index (χ1v) is 14.7. The summed E-state index contributed by atoms with van der Waals surface area (Å²) in [4.78, 5) is 38.7. The van der Waals surface area contributed by atoms with Crippen LogP contribution in [0.5, 0.6) is 0 Å². The van der Waals surface area contributed by atoms with Gasteiger partial charge in [-0.05, 0) is 137 Å². The van der Waals surface area contributed by atoms with Gasteiger partial charge in [0.05, 0.1) is 11.0 Å².